The van der Waals surface area contributed by atoms with Crippen LogP contribution in [0.4, 0.5) is 0 Å². The van der Waals surface area contributed by atoms with Crippen LogP contribution in [0.25, 0.3) is 0 Å². The van der Waals surface area contributed by atoms with Gasteiger partial charge in [0.15, 0.2) is 0 Å². The molecule has 1 aromatic rings. The fourth-order valence-electron chi connectivity index (χ4n) is 3.04. The third kappa shape index (κ3) is 4.60. The minimum absolute atomic E-state index is 0.442. The van der Waals surface area contributed by atoms with Crippen molar-refractivity contribution in [2.24, 2.45) is 18.1 Å². The van der Waals surface area contributed by atoms with E-state index in [4.69, 9.17) is 16.4 Å². The summed E-state index contributed by atoms with van der Waals surface area (Å²) in [6, 6.07) is 0. The zero-order valence-corrected chi connectivity index (χ0v) is 13.6. The van der Waals surface area contributed by atoms with Crippen molar-refractivity contribution in [2.45, 2.75) is 44.9 Å². The van der Waals surface area contributed by atoms with Crippen molar-refractivity contribution in [1.29, 1.82) is 0 Å². The van der Waals surface area contributed by atoms with Gasteiger partial charge in [-0.2, -0.15) is 5.10 Å². The first kappa shape index (κ1) is 16.1. The standard InChI is InChI=1S/C16H24ClN3O/c1-3-16(19-21-10-4-9-17)14-7-5-13(6-8-14)15-11-18-20(2)12-15/h4,9,11-14H,3,5-8,10H2,1-2H3. The summed E-state index contributed by atoms with van der Waals surface area (Å²) >= 11 is 5.46. The fourth-order valence-corrected chi connectivity index (χ4v) is 3.11. The van der Waals surface area contributed by atoms with Crippen LogP contribution in [0.2, 0.25) is 0 Å². The lowest BCUT2D eigenvalue weighted by atomic mass is 9.77. The maximum atomic E-state index is 5.46. The maximum absolute atomic E-state index is 5.46. The molecule has 1 aliphatic carbocycles. The lowest BCUT2D eigenvalue weighted by molar-refractivity contribution is 0.170. The van der Waals surface area contributed by atoms with Crippen LogP contribution in [0.15, 0.2) is 29.2 Å². The Morgan fingerprint density at radius 3 is 2.81 bits per heavy atom. The Labute approximate surface area is 131 Å². The van der Waals surface area contributed by atoms with E-state index in [0.717, 1.165) is 6.42 Å². The minimum atomic E-state index is 0.442. The predicted octanol–water partition coefficient (Wildman–Crippen LogP) is 4.23. The molecule has 1 saturated carbocycles. The van der Waals surface area contributed by atoms with E-state index in [9.17, 15) is 0 Å². The van der Waals surface area contributed by atoms with E-state index in [0.29, 0.717) is 18.4 Å². The van der Waals surface area contributed by atoms with Crippen molar-refractivity contribution in [1.82, 2.24) is 9.78 Å². The molecule has 0 spiro atoms. The summed E-state index contributed by atoms with van der Waals surface area (Å²) in [7, 11) is 1.98. The summed E-state index contributed by atoms with van der Waals surface area (Å²) < 4.78 is 1.89. The van der Waals surface area contributed by atoms with E-state index in [2.05, 4.69) is 23.4 Å². The van der Waals surface area contributed by atoms with Gasteiger partial charge in [0.05, 0.1) is 11.9 Å². The molecule has 1 aromatic heterocycles. The second-order valence-electron chi connectivity index (χ2n) is 5.59. The summed E-state index contributed by atoms with van der Waals surface area (Å²) in [4.78, 5) is 5.30. The predicted molar refractivity (Wildman–Crippen MR) is 86.6 cm³/mol. The van der Waals surface area contributed by atoms with Crippen molar-refractivity contribution in [3.63, 3.8) is 0 Å². The molecule has 2 rings (SSSR count). The molecule has 0 saturated heterocycles. The van der Waals surface area contributed by atoms with Gasteiger partial charge in [-0.3, -0.25) is 4.68 Å². The zero-order valence-electron chi connectivity index (χ0n) is 12.8. The van der Waals surface area contributed by atoms with Crippen LogP contribution in [-0.2, 0) is 11.9 Å². The Balaban J connectivity index is 1.86. The van der Waals surface area contributed by atoms with Crippen LogP contribution in [0.3, 0.4) is 0 Å². The van der Waals surface area contributed by atoms with E-state index < -0.39 is 0 Å². The van der Waals surface area contributed by atoms with Crippen LogP contribution >= 0.6 is 11.6 Å². The Morgan fingerprint density at radius 2 is 2.24 bits per heavy atom. The van der Waals surface area contributed by atoms with E-state index in [-0.39, 0.29) is 0 Å². The number of aryl methyl sites for hydroxylation is 1. The largest absolute Gasteiger partial charge is 0.392 e. The van der Waals surface area contributed by atoms with Crippen LogP contribution in [0.1, 0.15) is 50.5 Å². The molecular formula is C16H24ClN3O. The summed E-state index contributed by atoms with van der Waals surface area (Å²) in [6.45, 7) is 2.59. The number of hydrogen-bond acceptors (Lipinski definition) is 3. The van der Waals surface area contributed by atoms with Crippen molar-refractivity contribution in [2.75, 3.05) is 6.61 Å². The van der Waals surface area contributed by atoms with E-state index in [1.807, 2.05) is 17.9 Å². The van der Waals surface area contributed by atoms with Crippen LogP contribution < -0.4 is 0 Å². The van der Waals surface area contributed by atoms with E-state index in [1.165, 1.54) is 42.5 Å². The molecule has 4 nitrogen and oxygen atoms in total. The summed E-state index contributed by atoms with van der Waals surface area (Å²) in [6.07, 6.45) is 11.6. The first-order valence-electron chi connectivity index (χ1n) is 7.67. The lowest BCUT2D eigenvalue weighted by Gasteiger charge is -2.28. The second kappa shape index (κ2) is 8.23. The molecule has 116 valence electrons. The molecule has 0 aliphatic heterocycles. The molecule has 21 heavy (non-hydrogen) atoms. The molecule has 0 aromatic carbocycles. The SMILES string of the molecule is CCC(=NOCC=CCl)C1CCC(c2cnn(C)c2)CC1. The third-order valence-electron chi connectivity index (χ3n) is 4.20. The molecule has 0 unspecified atom stereocenters. The van der Waals surface area contributed by atoms with Crippen molar-refractivity contribution >= 4 is 17.3 Å². The number of oxime groups is 1. The van der Waals surface area contributed by atoms with Gasteiger partial charge < -0.3 is 4.84 Å². The topological polar surface area (TPSA) is 39.4 Å². The molecule has 1 heterocycles. The first-order valence-corrected chi connectivity index (χ1v) is 8.10. The van der Waals surface area contributed by atoms with Gasteiger partial charge in [0.25, 0.3) is 0 Å². The van der Waals surface area contributed by atoms with E-state index in [1.54, 1.807) is 6.08 Å². The lowest BCUT2D eigenvalue weighted by Crippen LogP contribution is -2.21. The Hall–Kier alpha value is -1.29. The average Bonchev–Trinajstić information content (AvgIpc) is 2.94. The number of halogens is 1. The number of aromatic nitrogens is 2. The van der Waals surface area contributed by atoms with Gasteiger partial charge in [0.2, 0.25) is 0 Å². The smallest absolute Gasteiger partial charge is 0.136 e. The molecule has 1 aliphatic rings. The van der Waals surface area contributed by atoms with Crippen molar-refractivity contribution in [3.05, 3.63) is 29.6 Å². The molecule has 0 bridgehead atoms. The van der Waals surface area contributed by atoms with Crippen LogP contribution in [-0.4, -0.2) is 22.1 Å². The molecule has 0 amide bonds. The summed E-state index contributed by atoms with van der Waals surface area (Å²) in [5, 5.41) is 8.57. The Morgan fingerprint density at radius 1 is 1.48 bits per heavy atom. The van der Waals surface area contributed by atoms with Crippen LogP contribution in [0, 0.1) is 5.92 Å². The van der Waals surface area contributed by atoms with Crippen LogP contribution in [0.5, 0.6) is 0 Å². The molecule has 0 atom stereocenters. The summed E-state index contributed by atoms with van der Waals surface area (Å²) in [5.74, 6) is 1.20. The van der Waals surface area contributed by atoms with Gasteiger partial charge >= 0.3 is 0 Å². The maximum Gasteiger partial charge on any atom is 0.136 e. The third-order valence-corrected chi connectivity index (χ3v) is 4.38. The molecule has 1 fully saturated rings. The normalized spacial score (nSPS) is 23.7. The van der Waals surface area contributed by atoms with E-state index >= 15 is 0 Å². The number of rotatable bonds is 6. The minimum Gasteiger partial charge on any atom is -0.392 e. The van der Waals surface area contributed by atoms with Crippen molar-refractivity contribution < 1.29 is 4.84 Å². The van der Waals surface area contributed by atoms with Gasteiger partial charge in [0.1, 0.15) is 6.61 Å². The zero-order chi connectivity index (χ0) is 15.1. The molecule has 5 heteroatoms. The van der Waals surface area contributed by atoms with Gasteiger partial charge in [-0.25, -0.2) is 0 Å². The molecule has 0 N–H and O–H groups in total. The Bertz CT molecular complexity index is 487. The molecule has 0 radical (unpaired) electrons. The molecular weight excluding hydrogens is 286 g/mol. The Kier molecular flexibility index (Phi) is 6.30. The first-order chi connectivity index (χ1) is 10.2. The average molecular weight is 310 g/mol. The highest BCUT2D eigenvalue weighted by Gasteiger charge is 2.26. The van der Waals surface area contributed by atoms with Gasteiger partial charge in [-0.05, 0) is 49.7 Å². The summed E-state index contributed by atoms with van der Waals surface area (Å²) in [5.41, 5.74) is 4.01. The van der Waals surface area contributed by atoms with Gasteiger partial charge in [-0.1, -0.05) is 23.7 Å². The number of hydrogen-bond donors (Lipinski definition) is 0. The van der Waals surface area contributed by atoms with Crippen molar-refractivity contribution in [3.8, 4) is 0 Å². The fraction of sp³-hybridized carbons (Fsp3) is 0.625. The van der Waals surface area contributed by atoms with Gasteiger partial charge in [-0.15, -0.1) is 0 Å². The number of nitrogens with zero attached hydrogens (tertiary/aromatic N) is 3. The quantitative estimate of drug-likeness (QED) is 0.448. The highest BCUT2D eigenvalue weighted by atomic mass is 35.5. The second-order valence-corrected chi connectivity index (χ2v) is 5.84. The van der Waals surface area contributed by atoms with Gasteiger partial charge in [0, 0.05) is 24.7 Å². The monoisotopic (exact) mass is 309 g/mol. The highest BCUT2D eigenvalue weighted by Crippen LogP contribution is 2.36. The highest BCUT2D eigenvalue weighted by molar-refractivity contribution is 6.25.